The molecule has 2 aliphatic rings. The first kappa shape index (κ1) is 20.4. The van der Waals surface area contributed by atoms with E-state index < -0.39 is 0 Å². The minimum atomic E-state index is -0.206. The molecule has 1 amide bonds. The van der Waals surface area contributed by atoms with Gasteiger partial charge in [0.1, 0.15) is 5.84 Å². The van der Waals surface area contributed by atoms with Crippen molar-refractivity contribution in [2.45, 2.75) is 39.7 Å². The van der Waals surface area contributed by atoms with Crippen LogP contribution in [0.1, 0.15) is 38.7 Å². The third-order valence-electron chi connectivity index (χ3n) is 4.72. The minimum Gasteiger partial charge on any atom is -0.347 e. The first-order valence-electron chi connectivity index (χ1n) is 9.95. The molecule has 0 aromatic heterocycles. The Labute approximate surface area is 171 Å². The van der Waals surface area contributed by atoms with Crippen molar-refractivity contribution >= 4 is 28.7 Å². The number of aliphatic imine (C=N–C) groups is 2. The standard InChI is InChI=1S/C22H28N4OS/c1-3-18-19(15-24-20(18)23-4-2)21(27)25-22-26(13-9-6-10-14-28-22)16-17-11-7-5-8-12-17/h3,5,7-8,11-12,15H,4,6,9-10,13-14,16H2,1-2H3,(H,23,24)/b18-3-,25-22?. The topological polar surface area (TPSA) is 57.1 Å². The van der Waals surface area contributed by atoms with Gasteiger partial charge in [0.2, 0.25) is 0 Å². The fraction of sp³-hybridized carbons (Fsp3) is 0.409. The molecule has 0 spiro atoms. The maximum Gasteiger partial charge on any atom is 0.281 e. The maximum atomic E-state index is 13.0. The quantitative estimate of drug-likeness (QED) is 0.831. The highest BCUT2D eigenvalue weighted by Gasteiger charge is 2.25. The van der Waals surface area contributed by atoms with E-state index in [1.807, 2.05) is 26.0 Å². The molecular weight excluding hydrogens is 368 g/mol. The van der Waals surface area contributed by atoms with E-state index >= 15 is 0 Å². The van der Waals surface area contributed by atoms with Gasteiger partial charge in [0, 0.05) is 37.2 Å². The van der Waals surface area contributed by atoms with Crippen molar-refractivity contribution in [2.24, 2.45) is 9.98 Å². The van der Waals surface area contributed by atoms with Crippen molar-refractivity contribution in [1.82, 2.24) is 10.2 Å². The van der Waals surface area contributed by atoms with Gasteiger partial charge >= 0.3 is 0 Å². The zero-order chi connectivity index (χ0) is 19.8. The summed E-state index contributed by atoms with van der Waals surface area (Å²) in [7, 11) is 0. The lowest BCUT2D eigenvalue weighted by molar-refractivity contribution is -0.114. The molecule has 6 heteroatoms. The number of thioether (sulfide) groups is 1. The fourth-order valence-corrected chi connectivity index (χ4v) is 4.33. The molecular formula is C22H28N4OS. The van der Waals surface area contributed by atoms with Crippen LogP contribution in [0.5, 0.6) is 0 Å². The fourth-order valence-electron chi connectivity index (χ4n) is 3.31. The molecule has 2 aliphatic heterocycles. The van der Waals surface area contributed by atoms with Crippen LogP contribution in [-0.2, 0) is 11.3 Å². The second-order valence-corrected chi connectivity index (χ2v) is 7.81. The summed E-state index contributed by atoms with van der Waals surface area (Å²) in [5.74, 6) is 1.54. The molecule has 0 aliphatic carbocycles. The molecule has 5 nitrogen and oxygen atoms in total. The monoisotopic (exact) mass is 396 g/mol. The number of amides is 1. The third-order valence-corrected chi connectivity index (χ3v) is 5.82. The second-order valence-electron chi connectivity index (χ2n) is 6.74. The summed E-state index contributed by atoms with van der Waals surface area (Å²) in [4.78, 5) is 24.2. The van der Waals surface area contributed by atoms with E-state index in [-0.39, 0.29) is 5.91 Å². The number of benzene rings is 1. The van der Waals surface area contributed by atoms with Gasteiger partial charge in [-0.3, -0.25) is 9.79 Å². The number of carbonyl (C=O) groups excluding carboxylic acids is 1. The minimum absolute atomic E-state index is 0.206. The van der Waals surface area contributed by atoms with Gasteiger partial charge in [0.25, 0.3) is 5.91 Å². The number of hydrogen-bond acceptors (Lipinski definition) is 3. The van der Waals surface area contributed by atoms with Gasteiger partial charge in [0.15, 0.2) is 5.17 Å². The first-order chi connectivity index (χ1) is 13.7. The lowest BCUT2D eigenvalue weighted by Gasteiger charge is -2.27. The van der Waals surface area contributed by atoms with Crippen LogP contribution in [0.4, 0.5) is 0 Å². The Morgan fingerprint density at radius 3 is 2.82 bits per heavy atom. The number of carbonyl (C=O) groups is 1. The van der Waals surface area contributed by atoms with Crippen molar-refractivity contribution in [2.75, 3.05) is 18.8 Å². The summed E-state index contributed by atoms with van der Waals surface area (Å²) >= 11 is 1.69. The Morgan fingerprint density at radius 2 is 2.07 bits per heavy atom. The molecule has 0 bridgehead atoms. The normalized spacial score (nSPS) is 22.1. The van der Waals surface area contributed by atoms with Crippen LogP contribution in [0, 0.1) is 0 Å². The van der Waals surface area contributed by atoms with Crippen LogP contribution in [0.2, 0.25) is 0 Å². The summed E-state index contributed by atoms with van der Waals surface area (Å²) in [5, 5.41) is 3.93. The van der Waals surface area contributed by atoms with Gasteiger partial charge in [-0.15, -0.1) is 0 Å². The van der Waals surface area contributed by atoms with Crippen molar-refractivity contribution in [3.8, 4) is 0 Å². The Kier molecular flexibility index (Phi) is 7.48. The van der Waals surface area contributed by atoms with Gasteiger partial charge in [-0.05, 0) is 32.3 Å². The molecule has 1 saturated heterocycles. The molecule has 28 heavy (non-hydrogen) atoms. The molecule has 148 valence electrons. The van der Waals surface area contributed by atoms with Crippen LogP contribution in [0.25, 0.3) is 0 Å². The third kappa shape index (κ3) is 5.13. The van der Waals surface area contributed by atoms with E-state index in [1.165, 1.54) is 12.0 Å². The van der Waals surface area contributed by atoms with Crippen LogP contribution in [-0.4, -0.2) is 40.7 Å². The molecule has 1 aromatic carbocycles. The van der Waals surface area contributed by atoms with E-state index in [2.05, 4.69) is 44.5 Å². The molecule has 1 N–H and O–H groups in total. The Balaban J connectivity index is 1.83. The summed E-state index contributed by atoms with van der Waals surface area (Å²) in [6.45, 7) is 6.27. The zero-order valence-electron chi connectivity index (χ0n) is 16.6. The van der Waals surface area contributed by atoms with Crippen LogP contribution >= 0.6 is 11.8 Å². The summed E-state index contributed by atoms with van der Waals surface area (Å²) in [6.07, 6.45) is 7.15. The van der Waals surface area contributed by atoms with Gasteiger partial charge < -0.3 is 10.2 Å². The number of allylic oxidation sites excluding steroid dienone is 1. The second kappa shape index (κ2) is 10.3. The lowest BCUT2D eigenvalue weighted by atomic mass is 10.1. The number of rotatable bonds is 4. The number of nitrogens with one attached hydrogen (secondary N) is 1. The maximum absolute atomic E-state index is 13.0. The summed E-state index contributed by atoms with van der Waals surface area (Å²) in [5.41, 5.74) is 2.66. The van der Waals surface area contributed by atoms with E-state index in [4.69, 9.17) is 0 Å². The van der Waals surface area contributed by atoms with Gasteiger partial charge in [-0.1, -0.05) is 54.6 Å². The molecule has 0 unspecified atom stereocenters. The smallest absolute Gasteiger partial charge is 0.281 e. The Bertz CT molecular complexity index is 811. The van der Waals surface area contributed by atoms with Crippen LogP contribution in [0.3, 0.4) is 0 Å². The molecule has 0 saturated carbocycles. The number of nitrogens with zero attached hydrogens (tertiary/aromatic N) is 3. The Hall–Kier alpha value is -2.34. The van der Waals surface area contributed by atoms with E-state index in [9.17, 15) is 4.79 Å². The highest BCUT2D eigenvalue weighted by atomic mass is 32.2. The molecule has 0 atom stereocenters. The van der Waals surface area contributed by atoms with Crippen molar-refractivity contribution in [1.29, 1.82) is 0 Å². The van der Waals surface area contributed by atoms with Gasteiger partial charge in [0.05, 0.1) is 5.57 Å². The van der Waals surface area contributed by atoms with Crippen LogP contribution in [0.15, 0.2) is 63.7 Å². The van der Waals surface area contributed by atoms with Gasteiger partial charge in [-0.25, -0.2) is 0 Å². The Morgan fingerprint density at radius 1 is 1.25 bits per heavy atom. The van der Waals surface area contributed by atoms with Crippen molar-refractivity contribution in [3.05, 3.63) is 59.3 Å². The molecule has 2 heterocycles. The van der Waals surface area contributed by atoms with Gasteiger partial charge in [-0.2, -0.15) is 4.99 Å². The molecule has 0 radical (unpaired) electrons. The van der Waals surface area contributed by atoms with E-state index in [0.29, 0.717) is 12.1 Å². The summed E-state index contributed by atoms with van der Waals surface area (Å²) in [6, 6.07) is 10.4. The predicted octanol–water partition coefficient (Wildman–Crippen LogP) is 4.14. The molecule has 1 fully saturated rings. The largest absolute Gasteiger partial charge is 0.347 e. The van der Waals surface area contributed by atoms with E-state index in [0.717, 1.165) is 48.3 Å². The first-order valence-corrected chi connectivity index (χ1v) is 10.9. The highest BCUT2D eigenvalue weighted by Crippen LogP contribution is 2.23. The highest BCUT2D eigenvalue weighted by molar-refractivity contribution is 8.13. The summed E-state index contributed by atoms with van der Waals surface area (Å²) < 4.78 is 0. The van der Waals surface area contributed by atoms with Crippen LogP contribution < -0.4 is 5.32 Å². The average molecular weight is 397 g/mol. The lowest BCUT2D eigenvalue weighted by Crippen LogP contribution is -2.31. The predicted molar refractivity (Wildman–Crippen MR) is 119 cm³/mol. The average Bonchev–Trinajstić information content (AvgIpc) is 3.10. The van der Waals surface area contributed by atoms with Crippen molar-refractivity contribution < 1.29 is 4.79 Å². The zero-order valence-corrected chi connectivity index (χ0v) is 17.5. The van der Waals surface area contributed by atoms with E-state index in [1.54, 1.807) is 18.0 Å². The number of hydrogen-bond donors (Lipinski definition) is 1. The van der Waals surface area contributed by atoms with Crippen molar-refractivity contribution in [3.63, 3.8) is 0 Å². The molecule has 1 aromatic rings. The number of amidine groups is 2. The molecule has 3 rings (SSSR count). The SMILES string of the molecule is C/C=C1/C(C(=O)N=C2SCCCCCN2Cc2ccccc2)=CNC1=NCC.